The molecule has 1 heterocycles. The van der Waals surface area contributed by atoms with Gasteiger partial charge in [-0.15, -0.1) is 0 Å². The van der Waals surface area contributed by atoms with Crippen LogP contribution in [0.5, 0.6) is 0 Å². The fourth-order valence-corrected chi connectivity index (χ4v) is 1.11. The number of rotatable bonds is 2. The summed E-state index contributed by atoms with van der Waals surface area (Å²) in [5, 5.41) is 5.36. The van der Waals surface area contributed by atoms with E-state index in [0.717, 1.165) is 4.90 Å². The topological polar surface area (TPSA) is 61.4 Å². The Kier molecular flexibility index (Phi) is 2.03. The highest BCUT2D eigenvalue weighted by Crippen LogP contribution is 2.13. The number of nitrogens with zero attached hydrogens (tertiary/aromatic N) is 1. The van der Waals surface area contributed by atoms with Gasteiger partial charge in [0.25, 0.3) is 11.8 Å². The number of hydrogen-bond donors (Lipinski definition) is 2. The van der Waals surface area contributed by atoms with Crippen LogP contribution in [0.4, 0.5) is 0 Å². The molecular weight excluding hydrogens is 158 g/mol. The molecule has 1 aliphatic heterocycles. The van der Waals surface area contributed by atoms with E-state index >= 15 is 0 Å². The Morgan fingerprint density at radius 1 is 1.00 bits per heavy atom. The molecule has 1 aliphatic rings. The Balaban J connectivity index is 3.09. The smallest absolute Gasteiger partial charge is 0.278 e. The molecule has 2 N–H and O–H groups in total. The minimum atomic E-state index is -0.299. The number of carbonyl (C=O) groups is 2. The van der Waals surface area contributed by atoms with Crippen LogP contribution in [0.1, 0.15) is 0 Å². The molecule has 0 aromatic heterocycles. The van der Waals surface area contributed by atoms with Crippen LogP contribution in [0.25, 0.3) is 0 Å². The van der Waals surface area contributed by atoms with Gasteiger partial charge < -0.3 is 10.6 Å². The lowest BCUT2D eigenvalue weighted by atomic mass is 10.3. The molecule has 0 aromatic rings. The number of amides is 2. The molecule has 0 radical (unpaired) electrons. The molecule has 0 aromatic carbocycles. The molecule has 0 bridgehead atoms. The van der Waals surface area contributed by atoms with Gasteiger partial charge in [-0.05, 0) is 0 Å². The summed E-state index contributed by atoms with van der Waals surface area (Å²) in [6, 6.07) is 0. The zero-order valence-electron chi connectivity index (χ0n) is 7.26. The molecule has 5 heteroatoms. The first-order chi connectivity index (χ1) is 5.63. The van der Waals surface area contributed by atoms with Gasteiger partial charge >= 0.3 is 0 Å². The molecule has 66 valence electrons. The fraction of sp³-hybridized carbons (Fsp3) is 0.429. The van der Waals surface area contributed by atoms with Crippen LogP contribution in [-0.4, -0.2) is 37.9 Å². The first-order valence-corrected chi connectivity index (χ1v) is 3.55. The Morgan fingerprint density at radius 3 is 1.58 bits per heavy atom. The van der Waals surface area contributed by atoms with Crippen molar-refractivity contribution in [3.63, 3.8) is 0 Å². The van der Waals surface area contributed by atoms with Crippen molar-refractivity contribution in [2.24, 2.45) is 0 Å². The van der Waals surface area contributed by atoms with Crippen molar-refractivity contribution in [3.05, 3.63) is 11.4 Å². The van der Waals surface area contributed by atoms with Crippen LogP contribution >= 0.6 is 0 Å². The lowest BCUT2D eigenvalue weighted by Crippen LogP contribution is -2.29. The molecule has 0 atom stereocenters. The number of likely N-dealkylation sites (N-methyl/N-ethyl adjacent to an activating group) is 3. The molecular formula is C7H11N3O2. The fourth-order valence-electron chi connectivity index (χ4n) is 1.11. The summed E-state index contributed by atoms with van der Waals surface area (Å²) in [6.07, 6.45) is 0. The maximum Gasteiger partial charge on any atom is 0.278 e. The van der Waals surface area contributed by atoms with Crippen LogP contribution in [0.3, 0.4) is 0 Å². The number of hydrogen-bond acceptors (Lipinski definition) is 4. The summed E-state index contributed by atoms with van der Waals surface area (Å²) in [7, 11) is 4.67. The first kappa shape index (κ1) is 8.58. The lowest BCUT2D eigenvalue weighted by molar-refractivity contribution is -0.136. The first-order valence-electron chi connectivity index (χ1n) is 3.55. The van der Waals surface area contributed by atoms with E-state index < -0.39 is 0 Å². The van der Waals surface area contributed by atoms with Gasteiger partial charge in [-0.25, -0.2) is 0 Å². The van der Waals surface area contributed by atoms with E-state index in [-0.39, 0.29) is 11.8 Å². The van der Waals surface area contributed by atoms with Crippen molar-refractivity contribution in [2.45, 2.75) is 0 Å². The molecule has 5 nitrogen and oxygen atoms in total. The van der Waals surface area contributed by atoms with Gasteiger partial charge in [-0.1, -0.05) is 0 Å². The quantitative estimate of drug-likeness (QED) is 0.501. The number of carbonyl (C=O) groups excluding carboxylic acids is 2. The minimum absolute atomic E-state index is 0.299. The minimum Gasteiger partial charge on any atom is -0.382 e. The van der Waals surface area contributed by atoms with Gasteiger partial charge in [0.15, 0.2) is 0 Å². The van der Waals surface area contributed by atoms with Crippen LogP contribution in [0, 0.1) is 0 Å². The molecule has 0 spiro atoms. The normalized spacial score (nSPS) is 17.4. The van der Waals surface area contributed by atoms with Crippen molar-refractivity contribution in [1.29, 1.82) is 0 Å². The molecule has 2 amide bonds. The largest absolute Gasteiger partial charge is 0.382 e. The predicted molar refractivity (Wildman–Crippen MR) is 42.9 cm³/mol. The number of imide groups is 1. The molecule has 0 unspecified atom stereocenters. The maximum absolute atomic E-state index is 11.3. The molecule has 0 saturated heterocycles. The monoisotopic (exact) mass is 169 g/mol. The van der Waals surface area contributed by atoms with Crippen LogP contribution in [-0.2, 0) is 9.59 Å². The van der Waals surface area contributed by atoms with Crippen molar-refractivity contribution < 1.29 is 9.59 Å². The highest BCUT2D eigenvalue weighted by atomic mass is 16.2. The molecule has 1 rings (SSSR count). The Morgan fingerprint density at radius 2 is 1.33 bits per heavy atom. The summed E-state index contributed by atoms with van der Waals surface area (Å²) in [5.74, 6) is -0.598. The Bertz CT molecular complexity index is 244. The van der Waals surface area contributed by atoms with Crippen molar-refractivity contribution in [1.82, 2.24) is 15.5 Å². The van der Waals surface area contributed by atoms with E-state index in [1.807, 2.05) is 0 Å². The van der Waals surface area contributed by atoms with Crippen LogP contribution in [0.2, 0.25) is 0 Å². The second-order valence-corrected chi connectivity index (χ2v) is 2.42. The maximum atomic E-state index is 11.3. The molecule has 0 saturated carbocycles. The van der Waals surface area contributed by atoms with Gasteiger partial charge in [0.05, 0.1) is 0 Å². The Hall–Kier alpha value is -1.52. The third-order valence-electron chi connectivity index (χ3n) is 1.79. The standard InChI is InChI=1S/C7H11N3O2/c1-8-4-5(9-2)7(12)10(3)6(4)11/h8-9H,1-3H3. The second-order valence-electron chi connectivity index (χ2n) is 2.42. The second kappa shape index (κ2) is 2.84. The van der Waals surface area contributed by atoms with E-state index in [9.17, 15) is 9.59 Å². The average molecular weight is 169 g/mol. The van der Waals surface area contributed by atoms with Gasteiger partial charge in [-0.2, -0.15) is 0 Å². The van der Waals surface area contributed by atoms with E-state index in [0.29, 0.717) is 11.4 Å². The Labute approximate surface area is 70.4 Å². The van der Waals surface area contributed by atoms with Crippen molar-refractivity contribution >= 4 is 11.8 Å². The SMILES string of the molecule is CNC1=C(NC)C(=O)N(C)C1=O. The van der Waals surface area contributed by atoms with Crippen LogP contribution in [0.15, 0.2) is 11.4 Å². The van der Waals surface area contributed by atoms with Crippen molar-refractivity contribution in [3.8, 4) is 0 Å². The zero-order valence-corrected chi connectivity index (χ0v) is 7.26. The zero-order chi connectivity index (χ0) is 9.30. The highest BCUT2D eigenvalue weighted by molar-refractivity contribution is 6.18. The highest BCUT2D eigenvalue weighted by Gasteiger charge is 2.34. The van der Waals surface area contributed by atoms with E-state index in [2.05, 4.69) is 10.6 Å². The predicted octanol–water partition coefficient (Wildman–Crippen LogP) is -1.36. The third kappa shape index (κ3) is 0.939. The third-order valence-corrected chi connectivity index (χ3v) is 1.79. The van der Waals surface area contributed by atoms with Gasteiger partial charge in [0.2, 0.25) is 0 Å². The van der Waals surface area contributed by atoms with Crippen LogP contribution < -0.4 is 10.6 Å². The summed E-state index contributed by atoms with van der Waals surface area (Å²) >= 11 is 0. The molecule has 12 heavy (non-hydrogen) atoms. The van der Waals surface area contributed by atoms with E-state index in [1.165, 1.54) is 7.05 Å². The average Bonchev–Trinajstić information content (AvgIpc) is 2.29. The summed E-state index contributed by atoms with van der Waals surface area (Å²) in [5.41, 5.74) is 0.648. The van der Waals surface area contributed by atoms with Gasteiger partial charge in [0.1, 0.15) is 11.4 Å². The summed E-state index contributed by atoms with van der Waals surface area (Å²) < 4.78 is 0. The van der Waals surface area contributed by atoms with Crippen molar-refractivity contribution in [2.75, 3.05) is 21.1 Å². The van der Waals surface area contributed by atoms with Gasteiger partial charge in [0, 0.05) is 21.1 Å². The van der Waals surface area contributed by atoms with Gasteiger partial charge in [-0.3, -0.25) is 14.5 Å². The molecule has 0 fully saturated rings. The lowest BCUT2D eigenvalue weighted by Gasteiger charge is -2.05. The van der Waals surface area contributed by atoms with E-state index in [4.69, 9.17) is 0 Å². The molecule has 0 aliphatic carbocycles. The summed E-state index contributed by atoms with van der Waals surface area (Å²) in [6.45, 7) is 0. The number of nitrogens with one attached hydrogen (secondary N) is 2. The van der Waals surface area contributed by atoms with E-state index in [1.54, 1.807) is 14.1 Å². The summed E-state index contributed by atoms with van der Waals surface area (Å²) in [4.78, 5) is 23.6.